The molecular formula is C15H23N3S. The van der Waals surface area contributed by atoms with E-state index in [1.54, 1.807) is 11.3 Å². The second kappa shape index (κ2) is 6.98. The van der Waals surface area contributed by atoms with Crippen molar-refractivity contribution in [2.75, 3.05) is 19.6 Å². The van der Waals surface area contributed by atoms with Crippen LogP contribution in [-0.4, -0.2) is 35.6 Å². The minimum absolute atomic E-state index is 0.209. The average Bonchev–Trinajstić information content (AvgIpc) is 2.81. The van der Waals surface area contributed by atoms with Crippen molar-refractivity contribution in [2.24, 2.45) is 5.73 Å². The minimum atomic E-state index is 0.209. The molecule has 2 rings (SSSR count). The standard InChI is InChI=1S/C15H23N3S/c1-3-18(4-2)10-9-12(16)11-15-17-13-7-5-6-8-14(13)19-15/h5-8,12H,3-4,9-11,16H2,1-2H3. The topological polar surface area (TPSA) is 42.1 Å². The second-order valence-electron chi connectivity index (χ2n) is 4.86. The molecule has 0 amide bonds. The molecule has 3 nitrogen and oxygen atoms in total. The van der Waals surface area contributed by atoms with Crippen LogP contribution < -0.4 is 5.73 Å². The number of hydrogen-bond acceptors (Lipinski definition) is 4. The van der Waals surface area contributed by atoms with E-state index >= 15 is 0 Å². The number of aromatic nitrogens is 1. The SMILES string of the molecule is CCN(CC)CCC(N)Cc1nc2ccccc2s1. The molecule has 0 saturated heterocycles. The third-order valence-electron chi connectivity index (χ3n) is 3.49. The van der Waals surface area contributed by atoms with E-state index in [0.717, 1.165) is 43.0 Å². The summed E-state index contributed by atoms with van der Waals surface area (Å²) < 4.78 is 1.26. The van der Waals surface area contributed by atoms with Gasteiger partial charge in [-0.1, -0.05) is 26.0 Å². The van der Waals surface area contributed by atoms with Crippen LogP contribution in [0.5, 0.6) is 0 Å². The Bertz CT molecular complexity index is 472. The Kier molecular flexibility index (Phi) is 5.31. The highest BCUT2D eigenvalue weighted by molar-refractivity contribution is 7.18. The number of fused-ring (bicyclic) bond motifs is 1. The Balaban J connectivity index is 1.89. The Hall–Kier alpha value is -0.970. The van der Waals surface area contributed by atoms with Gasteiger partial charge in [0.15, 0.2) is 0 Å². The third-order valence-corrected chi connectivity index (χ3v) is 4.54. The largest absolute Gasteiger partial charge is 0.327 e. The Morgan fingerprint density at radius 3 is 2.68 bits per heavy atom. The van der Waals surface area contributed by atoms with E-state index in [0.29, 0.717) is 0 Å². The monoisotopic (exact) mass is 277 g/mol. The Morgan fingerprint density at radius 2 is 2.00 bits per heavy atom. The average molecular weight is 277 g/mol. The van der Waals surface area contributed by atoms with Crippen LogP contribution in [0.25, 0.3) is 10.2 Å². The van der Waals surface area contributed by atoms with Crippen LogP contribution in [0.2, 0.25) is 0 Å². The van der Waals surface area contributed by atoms with Gasteiger partial charge >= 0.3 is 0 Å². The van der Waals surface area contributed by atoms with E-state index in [4.69, 9.17) is 5.73 Å². The summed E-state index contributed by atoms with van der Waals surface area (Å²) in [6.07, 6.45) is 1.93. The van der Waals surface area contributed by atoms with Crippen LogP contribution in [0, 0.1) is 0 Å². The van der Waals surface area contributed by atoms with Crippen molar-refractivity contribution < 1.29 is 0 Å². The van der Waals surface area contributed by atoms with Gasteiger partial charge in [-0.15, -0.1) is 11.3 Å². The molecule has 1 aromatic heterocycles. The number of nitrogens with two attached hydrogens (primary N) is 1. The molecule has 4 heteroatoms. The Morgan fingerprint density at radius 1 is 1.26 bits per heavy atom. The molecule has 0 aliphatic carbocycles. The molecule has 1 heterocycles. The summed E-state index contributed by atoms with van der Waals surface area (Å²) in [5.74, 6) is 0. The van der Waals surface area contributed by atoms with Gasteiger partial charge in [-0.3, -0.25) is 0 Å². The van der Waals surface area contributed by atoms with Crippen molar-refractivity contribution in [2.45, 2.75) is 32.7 Å². The molecule has 0 fully saturated rings. The fraction of sp³-hybridized carbons (Fsp3) is 0.533. The zero-order valence-corrected chi connectivity index (χ0v) is 12.6. The van der Waals surface area contributed by atoms with Crippen molar-refractivity contribution in [3.63, 3.8) is 0 Å². The first-order chi connectivity index (χ1) is 9.22. The number of thiazole rings is 1. The predicted molar refractivity (Wildman–Crippen MR) is 83.7 cm³/mol. The molecule has 0 bridgehead atoms. The Labute approximate surface area is 119 Å². The van der Waals surface area contributed by atoms with E-state index in [2.05, 4.69) is 41.9 Å². The van der Waals surface area contributed by atoms with E-state index in [1.807, 2.05) is 6.07 Å². The van der Waals surface area contributed by atoms with Crippen molar-refractivity contribution in [3.05, 3.63) is 29.3 Å². The normalized spacial score (nSPS) is 13.3. The summed E-state index contributed by atoms with van der Waals surface area (Å²) in [4.78, 5) is 7.06. The molecule has 0 spiro atoms. The van der Waals surface area contributed by atoms with Crippen molar-refractivity contribution in [1.82, 2.24) is 9.88 Å². The lowest BCUT2D eigenvalue weighted by atomic mass is 10.1. The van der Waals surface area contributed by atoms with Crippen LogP contribution in [-0.2, 0) is 6.42 Å². The lowest BCUT2D eigenvalue weighted by molar-refractivity contribution is 0.290. The molecule has 0 radical (unpaired) electrons. The summed E-state index contributed by atoms with van der Waals surface area (Å²) in [5, 5.41) is 1.16. The number of hydrogen-bond donors (Lipinski definition) is 1. The smallest absolute Gasteiger partial charge is 0.0954 e. The van der Waals surface area contributed by atoms with Crippen molar-refractivity contribution in [3.8, 4) is 0 Å². The lowest BCUT2D eigenvalue weighted by Gasteiger charge is -2.20. The highest BCUT2D eigenvalue weighted by Gasteiger charge is 2.10. The highest BCUT2D eigenvalue weighted by atomic mass is 32.1. The molecule has 1 unspecified atom stereocenters. The molecule has 0 aliphatic heterocycles. The van der Waals surface area contributed by atoms with Crippen LogP contribution in [0.4, 0.5) is 0 Å². The molecule has 1 atom stereocenters. The van der Waals surface area contributed by atoms with E-state index in [1.165, 1.54) is 4.70 Å². The first-order valence-corrected chi connectivity index (χ1v) is 7.87. The van der Waals surface area contributed by atoms with Gasteiger partial charge in [0.25, 0.3) is 0 Å². The number of nitrogens with zero attached hydrogens (tertiary/aromatic N) is 2. The maximum Gasteiger partial charge on any atom is 0.0954 e. The van der Waals surface area contributed by atoms with Gasteiger partial charge in [-0.05, 0) is 38.2 Å². The maximum absolute atomic E-state index is 6.23. The molecule has 0 saturated carbocycles. The van der Waals surface area contributed by atoms with Gasteiger partial charge in [0.2, 0.25) is 0 Å². The van der Waals surface area contributed by atoms with Crippen LogP contribution in [0.3, 0.4) is 0 Å². The summed E-state index contributed by atoms with van der Waals surface area (Å²) >= 11 is 1.77. The number of rotatable bonds is 7. The molecule has 1 aromatic carbocycles. The van der Waals surface area contributed by atoms with E-state index in [9.17, 15) is 0 Å². The lowest BCUT2D eigenvalue weighted by Crippen LogP contribution is -2.31. The third kappa shape index (κ3) is 4.00. The van der Waals surface area contributed by atoms with Gasteiger partial charge in [-0.25, -0.2) is 4.98 Å². The first-order valence-electron chi connectivity index (χ1n) is 7.05. The first kappa shape index (κ1) is 14.4. The summed E-state index contributed by atoms with van der Waals surface area (Å²) in [6, 6.07) is 8.49. The number of para-hydroxylation sites is 1. The molecule has 104 valence electrons. The zero-order valence-electron chi connectivity index (χ0n) is 11.8. The fourth-order valence-corrected chi connectivity index (χ4v) is 3.28. The summed E-state index contributed by atoms with van der Waals surface area (Å²) in [5.41, 5.74) is 7.32. The summed E-state index contributed by atoms with van der Waals surface area (Å²) in [6.45, 7) is 7.68. The molecule has 2 N–H and O–H groups in total. The van der Waals surface area contributed by atoms with Crippen molar-refractivity contribution in [1.29, 1.82) is 0 Å². The quantitative estimate of drug-likeness (QED) is 0.846. The van der Waals surface area contributed by atoms with E-state index < -0.39 is 0 Å². The fourth-order valence-electron chi connectivity index (χ4n) is 2.22. The van der Waals surface area contributed by atoms with Crippen LogP contribution in [0.1, 0.15) is 25.3 Å². The van der Waals surface area contributed by atoms with Gasteiger partial charge in [-0.2, -0.15) is 0 Å². The highest BCUT2D eigenvalue weighted by Crippen LogP contribution is 2.22. The minimum Gasteiger partial charge on any atom is -0.327 e. The predicted octanol–water partition coefficient (Wildman–Crippen LogP) is 2.90. The van der Waals surface area contributed by atoms with Gasteiger partial charge < -0.3 is 10.6 Å². The van der Waals surface area contributed by atoms with Gasteiger partial charge in [0.1, 0.15) is 0 Å². The molecule has 2 aromatic rings. The van der Waals surface area contributed by atoms with Gasteiger partial charge in [0.05, 0.1) is 15.2 Å². The maximum atomic E-state index is 6.23. The van der Waals surface area contributed by atoms with Crippen molar-refractivity contribution >= 4 is 21.6 Å². The van der Waals surface area contributed by atoms with Crippen LogP contribution >= 0.6 is 11.3 Å². The van der Waals surface area contributed by atoms with E-state index in [-0.39, 0.29) is 6.04 Å². The molecule has 19 heavy (non-hydrogen) atoms. The molecule has 0 aliphatic rings. The van der Waals surface area contributed by atoms with Crippen LogP contribution in [0.15, 0.2) is 24.3 Å². The summed E-state index contributed by atoms with van der Waals surface area (Å²) in [7, 11) is 0. The second-order valence-corrected chi connectivity index (χ2v) is 5.97. The molecular weight excluding hydrogens is 254 g/mol. The van der Waals surface area contributed by atoms with Gasteiger partial charge in [0, 0.05) is 12.5 Å². The zero-order chi connectivity index (χ0) is 13.7. The number of benzene rings is 1.